The van der Waals surface area contributed by atoms with Gasteiger partial charge in [0.25, 0.3) is 5.91 Å². The molecule has 124 valence electrons. The summed E-state index contributed by atoms with van der Waals surface area (Å²) >= 11 is 0. The predicted octanol–water partition coefficient (Wildman–Crippen LogP) is 1.68. The number of hydrogen-bond donors (Lipinski definition) is 2. The normalized spacial score (nSPS) is 10.9. The molecule has 1 amide bonds. The molecule has 0 spiro atoms. The molecule has 0 saturated heterocycles. The number of pyridine rings is 1. The first-order chi connectivity index (χ1) is 12.2. The summed E-state index contributed by atoms with van der Waals surface area (Å²) in [5.41, 5.74) is 3.68. The van der Waals surface area contributed by atoms with Crippen molar-refractivity contribution in [3.8, 4) is 11.3 Å². The van der Waals surface area contributed by atoms with E-state index in [1.54, 1.807) is 29.2 Å². The Balaban J connectivity index is 1.61. The number of carbonyl (C=O) groups excluding carboxylic acids is 1. The van der Waals surface area contributed by atoms with Gasteiger partial charge in [0.05, 0.1) is 24.1 Å². The van der Waals surface area contributed by atoms with Crippen LogP contribution in [0.15, 0.2) is 48.9 Å². The van der Waals surface area contributed by atoms with Crippen LogP contribution in [-0.2, 0) is 13.6 Å². The molecule has 8 nitrogen and oxygen atoms in total. The van der Waals surface area contributed by atoms with Crippen molar-refractivity contribution in [1.82, 2.24) is 35.3 Å². The van der Waals surface area contributed by atoms with E-state index in [0.29, 0.717) is 17.9 Å². The molecule has 25 heavy (non-hydrogen) atoms. The summed E-state index contributed by atoms with van der Waals surface area (Å²) in [6, 6.07) is 9.28. The Labute approximate surface area is 142 Å². The highest BCUT2D eigenvalue weighted by molar-refractivity contribution is 5.98. The lowest BCUT2D eigenvalue weighted by atomic mass is 10.2. The standard InChI is InChI=1S/C17H15N7O/c1-24-15(17(25)18-10-13-3-2-6-19-23-13)7-11-4-5-14(22-16(11)24)12-8-20-21-9-12/h2-9H,10H2,1H3,(H,18,25)(H,20,21). The van der Waals surface area contributed by atoms with Gasteiger partial charge in [-0.1, -0.05) is 0 Å². The molecule has 4 heterocycles. The van der Waals surface area contributed by atoms with E-state index in [1.807, 2.05) is 31.3 Å². The highest BCUT2D eigenvalue weighted by Crippen LogP contribution is 2.22. The van der Waals surface area contributed by atoms with Crippen LogP contribution in [0.4, 0.5) is 0 Å². The maximum absolute atomic E-state index is 12.5. The summed E-state index contributed by atoms with van der Waals surface area (Å²) < 4.78 is 1.78. The molecule has 0 aliphatic heterocycles. The largest absolute Gasteiger partial charge is 0.345 e. The van der Waals surface area contributed by atoms with E-state index in [-0.39, 0.29) is 5.91 Å². The predicted molar refractivity (Wildman–Crippen MR) is 91.5 cm³/mol. The van der Waals surface area contributed by atoms with Crippen molar-refractivity contribution in [3.05, 3.63) is 60.3 Å². The number of H-pyrrole nitrogens is 1. The summed E-state index contributed by atoms with van der Waals surface area (Å²) in [5.74, 6) is -0.184. The maximum atomic E-state index is 12.5. The maximum Gasteiger partial charge on any atom is 0.268 e. The smallest absolute Gasteiger partial charge is 0.268 e. The fourth-order valence-corrected chi connectivity index (χ4v) is 2.66. The summed E-state index contributed by atoms with van der Waals surface area (Å²) in [4.78, 5) is 17.1. The molecule has 8 heteroatoms. The van der Waals surface area contributed by atoms with Crippen LogP contribution in [0.3, 0.4) is 0 Å². The number of hydrogen-bond acceptors (Lipinski definition) is 5. The zero-order valence-electron chi connectivity index (χ0n) is 13.5. The van der Waals surface area contributed by atoms with Gasteiger partial charge in [-0.25, -0.2) is 4.98 Å². The quantitative estimate of drug-likeness (QED) is 0.592. The number of aromatic amines is 1. The Morgan fingerprint density at radius 1 is 1.32 bits per heavy atom. The van der Waals surface area contributed by atoms with Crippen LogP contribution in [0, 0.1) is 0 Å². The summed E-state index contributed by atoms with van der Waals surface area (Å²) in [6.07, 6.45) is 5.09. The second-order valence-electron chi connectivity index (χ2n) is 5.58. The van der Waals surface area contributed by atoms with E-state index in [0.717, 1.165) is 22.3 Å². The molecule has 0 bridgehead atoms. The highest BCUT2D eigenvalue weighted by atomic mass is 16.1. The summed E-state index contributed by atoms with van der Waals surface area (Å²) in [6.45, 7) is 0.321. The van der Waals surface area contributed by atoms with E-state index in [4.69, 9.17) is 0 Å². The molecular formula is C17H15N7O. The molecule has 4 aromatic heterocycles. The first kappa shape index (κ1) is 15.0. The third kappa shape index (κ3) is 2.85. The molecular weight excluding hydrogens is 318 g/mol. The average Bonchev–Trinajstić information content (AvgIpc) is 3.29. The zero-order chi connectivity index (χ0) is 17.2. The van der Waals surface area contributed by atoms with Crippen molar-refractivity contribution in [3.63, 3.8) is 0 Å². The number of amides is 1. The fraction of sp³-hybridized carbons (Fsp3) is 0.118. The van der Waals surface area contributed by atoms with E-state index in [9.17, 15) is 4.79 Å². The molecule has 4 rings (SSSR count). The van der Waals surface area contributed by atoms with Gasteiger partial charge < -0.3 is 9.88 Å². The molecule has 2 N–H and O–H groups in total. The van der Waals surface area contributed by atoms with Gasteiger partial charge in [-0.3, -0.25) is 9.89 Å². The molecule has 0 aliphatic carbocycles. The van der Waals surface area contributed by atoms with Crippen LogP contribution in [0.2, 0.25) is 0 Å². The van der Waals surface area contributed by atoms with Gasteiger partial charge in [0.1, 0.15) is 11.3 Å². The number of aryl methyl sites for hydroxylation is 1. The lowest BCUT2D eigenvalue weighted by Gasteiger charge is -2.06. The first-order valence-corrected chi connectivity index (χ1v) is 7.73. The Morgan fingerprint density at radius 3 is 3.00 bits per heavy atom. The van der Waals surface area contributed by atoms with Crippen LogP contribution in [0.5, 0.6) is 0 Å². The minimum Gasteiger partial charge on any atom is -0.345 e. The summed E-state index contributed by atoms with van der Waals surface area (Å²) in [5, 5.41) is 18.2. The van der Waals surface area contributed by atoms with Crippen LogP contribution in [0.1, 0.15) is 16.2 Å². The van der Waals surface area contributed by atoms with Crippen molar-refractivity contribution in [2.24, 2.45) is 7.05 Å². The van der Waals surface area contributed by atoms with Crippen LogP contribution in [0.25, 0.3) is 22.3 Å². The molecule has 0 atom stereocenters. The van der Waals surface area contributed by atoms with Crippen molar-refractivity contribution in [2.45, 2.75) is 6.54 Å². The second kappa shape index (κ2) is 6.16. The number of aromatic nitrogens is 6. The second-order valence-corrected chi connectivity index (χ2v) is 5.58. The molecule has 0 saturated carbocycles. The molecule has 0 fully saturated rings. The van der Waals surface area contributed by atoms with Crippen LogP contribution in [-0.4, -0.2) is 35.9 Å². The minimum atomic E-state index is -0.184. The molecule has 0 radical (unpaired) electrons. The number of nitrogens with one attached hydrogen (secondary N) is 2. The van der Waals surface area contributed by atoms with Gasteiger partial charge in [0.15, 0.2) is 0 Å². The van der Waals surface area contributed by atoms with Crippen molar-refractivity contribution in [1.29, 1.82) is 0 Å². The number of nitrogens with zero attached hydrogens (tertiary/aromatic N) is 5. The topological polar surface area (TPSA) is 101 Å². The van der Waals surface area contributed by atoms with E-state index < -0.39 is 0 Å². The zero-order valence-corrected chi connectivity index (χ0v) is 13.5. The summed E-state index contributed by atoms with van der Waals surface area (Å²) in [7, 11) is 1.83. The minimum absolute atomic E-state index is 0.184. The average molecular weight is 333 g/mol. The highest BCUT2D eigenvalue weighted by Gasteiger charge is 2.15. The first-order valence-electron chi connectivity index (χ1n) is 7.73. The fourth-order valence-electron chi connectivity index (χ4n) is 2.66. The van der Waals surface area contributed by atoms with Gasteiger partial charge >= 0.3 is 0 Å². The molecule has 4 aromatic rings. The Kier molecular flexibility index (Phi) is 3.70. The number of rotatable bonds is 4. The lowest BCUT2D eigenvalue weighted by Crippen LogP contribution is -2.25. The Morgan fingerprint density at radius 2 is 2.24 bits per heavy atom. The molecule has 0 aromatic carbocycles. The van der Waals surface area contributed by atoms with Crippen LogP contribution < -0.4 is 5.32 Å². The van der Waals surface area contributed by atoms with Crippen LogP contribution >= 0.6 is 0 Å². The van der Waals surface area contributed by atoms with Gasteiger partial charge in [-0.2, -0.15) is 15.3 Å². The monoisotopic (exact) mass is 333 g/mol. The Hall–Kier alpha value is -3.55. The molecule has 0 unspecified atom stereocenters. The molecule has 0 aliphatic rings. The number of carbonyl (C=O) groups is 1. The van der Waals surface area contributed by atoms with Gasteiger partial charge in [0, 0.05) is 30.4 Å². The van der Waals surface area contributed by atoms with Gasteiger partial charge in [-0.05, 0) is 30.3 Å². The van der Waals surface area contributed by atoms with Crippen molar-refractivity contribution in [2.75, 3.05) is 0 Å². The Bertz CT molecular complexity index is 1020. The van der Waals surface area contributed by atoms with Gasteiger partial charge in [-0.15, -0.1) is 0 Å². The number of fused-ring (bicyclic) bond motifs is 1. The third-order valence-corrected chi connectivity index (χ3v) is 3.96. The van der Waals surface area contributed by atoms with E-state index >= 15 is 0 Å². The SMILES string of the molecule is Cn1c(C(=O)NCc2cccnn2)cc2ccc(-c3cn[nH]c3)nc21. The van der Waals surface area contributed by atoms with E-state index in [2.05, 4.69) is 30.7 Å². The van der Waals surface area contributed by atoms with Gasteiger partial charge in [0.2, 0.25) is 0 Å². The lowest BCUT2D eigenvalue weighted by molar-refractivity contribution is 0.0942. The van der Waals surface area contributed by atoms with E-state index in [1.165, 1.54) is 0 Å². The third-order valence-electron chi connectivity index (χ3n) is 3.96. The van der Waals surface area contributed by atoms with Crippen molar-refractivity contribution < 1.29 is 4.79 Å². The van der Waals surface area contributed by atoms with Crippen molar-refractivity contribution >= 4 is 16.9 Å².